The van der Waals surface area contributed by atoms with Crippen molar-refractivity contribution >= 4 is 39.6 Å². The molecule has 0 saturated heterocycles. The van der Waals surface area contributed by atoms with Gasteiger partial charge in [0.15, 0.2) is 0 Å². The SMILES string of the molecule is [2H]C(C)(C)c1ccnc(-c2[c-]c3oc4cc(-c5ccccc5)cc(-c5ccccc5)c4c3cc2)c1.[CH3][Ge]([CH3])([CH3])[c]1ccc(-c2[c-]cccc2)nc1.[Ir]. The van der Waals surface area contributed by atoms with Crippen LogP contribution < -0.4 is 4.40 Å². The predicted octanol–water partition coefficient (Wildman–Crippen LogP) is 12.0. The van der Waals surface area contributed by atoms with E-state index in [0.717, 1.165) is 66.7 Å². The average Bonchev–Trinajstić information content (AvgIpc) is 3.53. The smallest absolute Gasteiger partial charge is 0 e. The van der Waals surface area contributed by atoms with Crippen molar-refractivity contribution in [2.45, 2.75) is 37.0 Å². The van der Waals surface area contributed by atoms with Crippen LogP contribution in [0.15, 0.2) is 150 Å². The molecule has 51 heavy (non-hydrogen) atoms. The van der Waals surface area contributed by atoms with Gasteiger partial charge in [0.2, 0.25) is 0 Å². The van der Waals surface area contributed by atoms with Crippen molar-refractivity contribution in [2.75, 3.05) is 0 Å². The van der Waals surface area contributed by atoms with Crippen molar-refractivity contribution < 1.29 is 25.9 Å². The van der Waals surface area contributed by atoms with Crippen LogP contribution in [-0.4, -0.2) is 23.2 Å². The van der Waals surface area contributed by atoms with Crippen LogP contribution in [0.5, 0.6) is 0 Å². The van der Waals surface area contributed by atoms with Gasteiger partial charge in [0.05, 0.1) is 5.58 Å². The van der Waals surface area contributed by atoms with E-state index in [-0.39, 0.29) is 20.1 Å². The van der Waals surface area contributed by atoms with E-state index in [9.17, 15) is 0 Å². The zero-order chi connectivity index (χ0) is 35.6. The maximum Gasteiger partial charge on any atom is 0 e. The van der Waals surface area contributed by atoms with Crippen LogP contribution in [0.2, 0.25) is 17.3 Å². The number of hydrogen-bond acceptors (Lipinski definition) is 3. The zero-order valence-corrected chi connectivity index (χ0v) is 34.0. The van der Waals surface area contributed by atoms with Crippen molar-refractivity contribution in [2.24, 2.45) is 0 Å². The average molecular weight is 903 g/mol. The molecule has 0 aliphatic rings. The fourth-order valence-electron chi connectivity index (χ4n) is 6.07. The van der Waals surface area contributed by atoms with Crippen LogP contribution in [0.4, 0.5) is 0 Å². The van der Waals surface area contributed by atoms with E-state index in [1.165, 1.54) is 4.40 Å². The molecule has 0 fully saturated rings. The van der Waals surface area contributed by atoms with Gasteiger partial charge in [-0.2, -0.15) is 0 Å². The molecule has 0 aliphatic carbocycles. The molecule has 255 valence electrons. The van der Waals surface area contributed by atoms with Crippen molar-refractivity contribution in [3.8, 4) is 44.8 Å². The summed E-state index contributed by atoms with van der Waals surface area (Å²) in [5.41, 5.74) is 10.7. The number of pyridine rings is 2. The molecule has 0 atom stereocenters. The monoisotopic (exact) mass is 904 g/mol. The van der Waals surface area contributed by atoms with Crippen LogP contribution in [0, 0.1) is 12.1 Å². The van der Waals surface area contributed by atoms with Crippen molar-refractivity contribution in [3.05, 3.63) is 164 Å². The van der Waals surface area contributed by atoms with Gasteiger partial charge in [-0.15, -0.1) is 17.7 Å². The predicted molar refractivity (Wildman–Crippen MR) is 212 cm³/mol. The Morgan fingerprint density at radius 3 is 2.06 bits per heavy atom. The topological polar surface area (TPSA) is 38.9 Å². The molecular weight excluding hydrogens is 861 g/mol. The van der Waals surface area contributed by atoms with E-state index in [4.69, 9.17) is 5.79 Å². The Labute approximate surface area is 318 Å². The van der Waals surface area contributed by atoms with Gasteiger partial charge in [-0.25, -0.2) is 0 Å². The first-order valence-electron chi connectivity index (χ1n) is 17.5. The summed E-state index contributed by atoms with van der Waals surface area (Å²) in [4.78, 5) is 9.08. The maximum absolute atomic E-state index is 8.38. The standard InChI is InChI=1S/C32H24NO.C14H16GeN.Ir/c1-21(2)24-15-16-33-29(18-24)25-13-14-27-30(19-25)34-31-20-26(22-9-5-3-6-10-22)17-28(32(27)31)23-11-7-4-8-12-23;1-15(2,3)13-9-10-14(16-11-13)12-7-5-4-6-8-12;/h3-18,20-21H,1-2H3;4-7,9-11H,1-3H3;/q2*-1;/i21D;;. The minimum absolute atomic E-state index is 0. The minimum Gasteiger partial charge on any atom is 0 e. The van der Waals surface area contributed by atoms with Gasteiger partial charge < -0.3 is 9.40 Å². The molecule has 0 spiro atoms. The fourth-order valence-corrected chi connectivity index (χ4v) is 8.24. The molecule has 0 aliphatic heterocycles. The molecule has 8 rings (SSSR count). The Morgan fingerprint density at radius 1 is 0.686 bits per heavy atom. The Hall–Kier alpha value is -4.61. The van der Waals surface area contributed by atoms with Crippen LogP contribution in [-0.2, 0) is 20.1 Å². The Balaban J connectivity index is 0.000000230. The third-order valence-electron chi connectivity index (χ3n) is 8.91. The molecule has 3 nitrogen and oxygen atoms in total. The van der Waals surface area contributed by atoms with E-state index >= 15 is 0 Å². The first kappa shape index (κ1) is 34.8. The third-order valence-corrected chi connectivity index (χ3v) is 13.2. The van der Waals surface area contributed by atoms with Gasteiger partial charge in [-0.3, -0.25) is 0 Å². The largest absolute Gasteiger partial charge is 0 e. The molecule has 3 aromatic heterocycles. The Morgan fingerprint density at radius 2 is 1.41 bits per heavy atom. The molecule has 8 aromatic rings. The van der Waals surface area contributed by atoms with Crippen LogP contribution >= 0.6 is 0 Å². The molecule has 5 aromatic carbocycles. The van der Waals surface area contributed by atoms with Crippen LogP contribution in [0.1, 0.15) is 26.7 Å². The summed E-state index contributed by atoms with van der Waals surface area (Å²) in [5, 5.41) is 2.11. The number of hydrogen-bond donors (Lipinski definition) is 0. The Kier molecular flexibility index (Phi) is 10.7. The van der Waals surface area contributed by atoms with Crippen molar-refractivity contribution in [3.63, 3.8) is 0 Å². The van der Waals surface area contributed by atoms with Gasteiger partial charge in [0.1, 0.15) is 5.58 Å². The van der Waals surface area contributed by atoms with Crippen LogP contribution in [0.3, 0.4) is 0 Å². The maximum atomic E-state index is 8.38. The number of benzene rings is 5. The summed E-state index contributed by atoms with van der Waals surface area (Å²) in [5.74, 6) is 6.45. The summed E-state index contributed by atoms with van der Waals surface area (Å²) in [6.07, 6.45) is 3.80. The first-order chi connectivity index (χ1) is 24.5. The number of furan rings is 1. The van der Waals surface area contributed by atoms with E-state index in [2.05, 4.69) is 118 Å². The van der Waals surface area contributed by atoms with Gasteiger partial charge in [-0.1, -0.05) is 97.6 Å². The van der Waals surface area contributed by atoms with E-state index in [1.54, 1.807) is 6.20 Å². The number of rotatable bonds is 6. The molecule has 3 heterocycles. The molecule has 1 radical (unpaired) electrons. The van der Waals surface area contributed by atoms with Crippen LogP contribution in [0.25, 0.3) is 66.7 Å². The van der Waals surface area contributed by atoms with Gasteiger partial charge >= 0.3 is 99.8 Å². The summed E-state index contributed by atoms with van der Waals surface area (Å²) in [7, 11) is 0. The second kappa shape index (κ2) is 15.7. The number of fused-ring (bicyclic) bond motifs is 3. The first-order valence-corrected chi connectivity index (χ1v) is 24.3. The summed E-state index contributed by atoms with van der Waals surface area (Å²) in [6.45, 7) is 3.77. The molecule has 0 N–H and O–H groups in total. The third kappa shape index (κ3) is 8.15. The fraction of sp³-hybridized carbons (Fsp3) is 0.130. The van der Waals surface area contributed by atoms with E-state index < -0.39 is 19.2 Å². The zero-order valence-electron chi connectivity index (χ0n) is 30.5. The molecule has 0 unspecified atom stereocenters. The summed E-state index contributed by atoms with van der Waals surface area (Å²) < 4.78 is 16.2. The molecule has 5 heteroatoms. The minimum atomic E-state index is -1.72. The second-order valence-corrected chi connectivity index (χ2v) is 24.4. The van der Waals surface area contributed by atoms with E-state index in [1.807, 2.05) is 74.6 Å². The van der Waals surface area contributed by atoms with E-state index in [0.29, 0.717) is 5.58 Å². The van der Waals surface area contributed by atoms with Gasteiger partial charge in [-0.05, 0) is 57.4 Å². The molecule has 0 saturated carbocycles. The Bertz CT molecular complexity index is 2420. The van der Waals surface area contributed by atoms with Gasteiger partial charge in [0.25, 0.3) is 0 Å². The van der Waals surface area contributed by atoms with Gasteiger partial charge in [0, 0.05) is 27.7 Å². The normalized spacial score (nSPS) is 11.7. The molecule has 0 amide bonds. The number of nitrogens with zero attached hydrogens (tertiary/aromatic N) is 2. The summed E-state index contributed by atoms with van der Waals surface area (Å²) in [6, 6.07) is 52.1. The van der Waals surface area contributed by atoms with Crippen molar-refractivity contribution in [1.82, 2.24) is 9.97 Å². The molecular formula is C46H40GeIrN2O-2. The molecule has 0 bridgehead atoms. The summed E-state index contributed by atoms with van der Waals surface area (Å²) >= 11 is -1.72. The quantitative estimate of drug-likeness (QED) is 0.123. The van der Waals surface area contributed by atoms with Crippen molar-refractivity contribution in [1.29, 1.82) is 0 Å². The second-order valence-electron chi connectivity index (χ2n) is 13.7. The number of aromatic nitrogens is 2.